The predicted molar refractivity (Wildman–Crippen MR) is 86.1 cm³/mol. The molecule has 1 nitrogen and oxygen atoms in total. The van der Waals surface area contributed by atoms with Crippen LogP contribution in [-0.2, 0) is 5.41 Å². The van der Waals surface area contributed by atoms with Crippen molar-refractivity contribution in [2.75, 3.05) is 0 Å². The molecule has 0 fully saturated rings. The summed E-state index contributed by atoms with van der Waals surface area (Å²) in [6.07, 6.45) is 0. The first kappa shape index (κ1) is 14.1. The fourth-order valence-electron chi connectivity index (χ4n) is 2.11. The van der Waals surface area contributed by atoms with Crippen molar-refractivity contribution in [2.45, 2.75) is 26.2 Å². The molecule has 2 heterocycles. The molecule has 3 aromatic rings. The van der Waals surface area contributed by atoms with E-state index in [-0.39, 0.29) is 11.2 Å². The van der Waals surface area contributed by atoms with Crippen LogP contribution >= 0.6 is 11.3 Å². The molecule has 2 aromatic heterocycles. The van der Waals surface area contributed by atoms with Gasteiger partial charge in [-0.1, -0.05) is 32.9 Å². The lowest BCUT2D eigenvalue weighted by molar-refractivity contribution is 0.417. The minimum atomic E-state index is -0.212. The Morgan fingerprint density at radius 3 is 2.14 bits per heavy atom. The topological polar surface area (TPSA) is 13.1 Å². The molecule has 0 saturated heterocycles. The third-order valence-corrected chi connectivity index (χ3v) is 4.47. The van der Waals surface area contributed by atoms with Crippen LogP contribution in [0.15, 0.2) is 52.9 Å². The van der Waals surface area contributed by atoms with E-state index < -0.39 is 0 Å². The quantitative estimate of drug-likeness (QED) is 0.556. The lowest BCUT2D eigenvalue weighted by Crippen LogP contribution is -2.08. The fraction of sp³-hybridized carbons (Fsp3) is 0.222. The van der Waals surface area contributed by atoms with Gasteiger partial charge in [-0.2, -0.15) is 0 Å². The van der Waals surface area contributed by atoms with Gasteiger partial charge in [0.15, 0.2) is 0 Å². The number of furan rings is 1. The van der Waals surface area contributed by atoms with Crippen LogP contribution in [0.1, 0.15) is 26.5 Å². The summed E-state index contributed by atoms with van der Waals surface area (Å²) >= 11 is 1.65. The van der Waals surface area contributed by atoms with Crippen molar-refractivity contribution < 1.29 is 8.81 Å². The highest BCUT2D eigenvalue weighted by atomic mass is 32.1. The molecule has 21 heavy (non-hydrogen) atoms. The van der Waals surface area contributed by atoms with Gasteiger partial charge in [-0.3, -0.25) is 0 Å². The molecule has 0 aliphatic rings. The zero-order chi connectivity index (χ0) is 15.0. The van der Waals surface area contributed by atoms with E-state index in [9.17, 15) is 4.39 Å². The molecule has 3 heteroatoms. The molecule has 1 aromatic carbocycles. The van der Waals surface area contributed by atoms with Crippen molar-refractivity contribution in [1.29, 1.82) is 0 Å². The zero-order valence-corrected chi connectivity index (χ0v) is 13.1. The molecule has 0 atom stereocenters. The summed E-state index contributed by atoms with van der Waals surface area (Å²) < 4.78 is 18.9. The second-order valence-electron chi connectivity index (χ2n) is 6.08. The normalized spacial score (nSPS) is 11.8. The van der Waals surface area contributed by atoms with Gasteiger partial charge in [-0.05, 0) is 42.0 Å². The Balaban J connectivity index is 1.91. The molecule has 0 aliphatic carbocycles. The molecular formula is C18H17FOS. The Bertz CT molecular complexity index is 744. The Morgan fingerprint density at radius 1 is 0.857 bits per heavy atom. The number of hydrogen-bond acceptors (Lipinski definition) is 2. The van der Waals surface area contributed by atoms with Crippen LogP contribution in [0.25, 0.3) is 21.1 Å². The SMILES string of the molecule is CC(C)(C)c1ccc(-c2ccc(-c3ccc(F)cc3)s2)o1. The van der Waals surface area contributed by atoms with Gasteiger partial charge < -0.3 is 4.42 Å². The summed E-state index contributed by atoms with van der Waals surface area (Å²) in [5.41, 5.74) is 1.03. The van der Waals surface area contributed by atoms with Gasteiger partial charge in [0.2, 0.25) is 0 Å². The summed E-state index contributed by atoms with van der Waals surface area (Å²) in [5, 5.41) is 0. The van der Waals surface area contributed by atoms with Crippen LogP contribution in [0.5, 0.6) is 0 Å². The minimum Gasteiger partial charge on any atom is -0.460 e. The first-order valence-corrected chi connectivity index (χ1v) is 7.71. The van der Waals surface area contributed by atoms with Gasteiger partial charge in [0, 0.05) is 10.3 Å². The first-order valence-electron chi connectivity index (χ1n) is 6.90. The summed E-state index contributed by atoms with van der Waals surface area (Å²) in [6.45, 7) is 6.40. The second-order valence-corrected chi connectivity index (χ2v) is 7.17. The molecule has 0 N–H and O–H groups in total. The Hall–Kier alpha value is -1.87. The highest BCUT2D eigenvalue weighted by molar-refractivity contribution is 7.18. The largest absolute Gasteiger partial charge is 0.460 e. The van der Waals surface area contributed by atoms with Gasteiger partial charge in [0.1, 0.15) is 17.3 Å². The van der Waals surface area contributed by atoms with Crippen LogP contribution in [0.3, 0.4) is 0 Å². The number of benzene rings is 1. The fourth-order valence-corrected chi connectivity index (χ4v) is 3.09. The molecule has 3 rings (SSSR count). The molecule has 0 aliphatic heterocycles. The van der Waals surface area contributed by atoms with E-state index in [0.717, 1.165) is 26.8 Å². The maximum atomic E-state index is 13.0. The molecule has 0 saturated carbocycles. The van der Waals surface area contributed by atoms with Crippen LogP contribution in [0.2, 0.25) is 0 Å². The van der Waals surface area contributed by atoms with E-state index in [4.69, 9.17) is 4.42 Å². The summed E-state index contributed by atoms with van der Waals surface area (Å²) in [6, 6.07) is 14.7. The molecule has 108 valence electrons. The first-order chi connectivity index (χ1) is 9.93. The van der Waals surface area contributed by atoms with Crippen molar-refractivity contribution in [3.05, 3.63) is 60.1 Å². The third-order valence-electron chi connectivity index (χ3n) is 3.32. The van der Waals surface area contributed by atoms with E-state index in [0.29, 0.717) is 0 Å². The maximum absolute atomic E-state index is 13.0. The van der Waals surface area contributed by atoms with E-state index in [1.54, 1.807) is 23.5 Å². The maximum Gasteiger partial charge on any atom is 0.144 e. The standard InChI is InChI=1S/C18H17FOS/c1-18(2,3)17-11-8-14(20-17)16-10-9-15(21-16)12-4-6-13(19)7-5-12/h4-11H,1-3H3. The lowest BCUT2D eigenvalue weighted by Gasteiger charge is -2.13. The minimum absolute atomic E-state index is 0.00922. The summed E-state index contributed by atoms with van der Waals surface area (Å²) in [7, 11) is 0. The predicted octanol–water partition coefficient (Wildman–Crippen LogP) is 6.11. The number of rotatable bonds is 2. The van der Waals surface area contributed by atoms with Gasteiger partial charge in [-0.25, -0.2) is 4.39 Å². The Kier molecular flexibility index (Phi) is 3.46. The number of thiophene rings is 1. The third kappa shape index (κ3) is 2.93. The molecular weight excluding hydrogens is 283 g/mol. The van der Waals surface area contributed by atoms with Crippen LogP contribution in [0, 0.1) is 5.82 Å². The van der Waals surface area contributed by atoms with E-state index >= 15 is 0 Å². The van der Waals surface area contributed by atoms with E-state index in [2.05, 4.69) is 26.8 Å². The van der Waals surface area contributed by atoms with Gasteiger partial charge in [0.05, 0.1) is 4.88 Å². The molecule has 0 spiro atoms. The van der Waals surface area contributed by atoms with Crippen molar-refractivity contribution >= 4 is 11.3 Å². The van der Waals surface area contributed by atoms with E-state index in [1.807, 2.05) is 18.2 Å². The van der Waals surface area contributed by atoms with Gasteiger partial charge in [-0.15, -0.1) is 11.3 Å². The van der Waals surface area contributed by atoms with Gasteiger partial charge >= 0.3 is 0 Å². The summed E-state index contributed by atoms with van der Waals surface area (Å²) in [5.74, 6) is 1.66. The highest BCUT2D eigenvalue weighted by Gasteiger charge is 2.19. The Labute approximate surface area is 128 Å². The molecule has 0 radical (unpaired) electrons. The molecule has 0 unspecified atom stereocenters. The summed E-state index contributed by atoms with van der Waals surface area (Å²) in [4.78, 5) is 2.20. The van der Waals surface area contributed by atoms with Crippen molar-refractivity contribution in [3.8, 4) is 21.1 Å². The van der Waals surface area contributed by atoms with Crippen LogP contribution in [0.4, 0.5) is 4.39 Å². The molecule has 0 amide bonds. The Morgan fingerprint density at radius 2 is 1.52 bits per heavy atom. The highest BCUT2D eigenvalue weighted by Crippen LogP contribution is 2.37. The lowest BCUT2D eigenvalue weighted by atomic mass is 9.94. The zero-order valence-electron chi connectivity index (χ0n) is 12.3. The number of halogens is 1. The van der Waals surface area contributed by atoms with Crippen LogP contribution < -0.4 is 0 Å². The second kappa shape index (κ2) is 5.15. The molecule has 0 bridgehead atoms. The van der Waals surface area contributed by atoms with Crippen molar-refractivity contribution in [3.63, 3.8) is 0 Å². The average molecular weight is 300 g/mol. The van der Waals surface area contributed by atoms with Crippen molar-refractivity contribution in [1.82, 2.24) is 0 Å². The monoisotopic (exact) mass is 300 g/mol. The number of hydrogen-bond donors (Lipinski definition) is 0. The van der Waals surface area contributed by atoms with Gasteiger partial charge in [0.25, 0.3) is 0 Å². The van der Waals surface area contributed by atoms with Crippen LogP contribution in [-0.4, -0.2) is 0 Å². The smallest absolute Gasteiger partial charge is 0.144 e. The average Bonchev–Trinajstić information content (AvgIpc) is 3.07. The van der Waals surface area contributed by atoms with Crippen molar-refractivity contribution in [2.24, 2.45) is 0 Å². The van der Waals surface area contributed by atoms with E-state index in [1.165, 1.54) is 12.1 Å².